The van der Waals surface area contributed by atoms with Crippen LogP contribution in [0.2, 0.25) is 0 Å². The fourth-order valence-electron chi connectivity index (χ4n) is 2.64. The van der Waals surface area contributed by atoms with Crippen molar-refractivity contribution in [1.82, 2.24) is 9.55 Å². The first-order valence-electron chi connectivity index (χ1n) is 7.50. The van der Waals surface area contributed by atoms with Gasteiger partial charge in [-0.25, -0.2) is 0 Å². The molecule has 6 heteroatoms. The predicted octanol–water partition coefficient (Wildman–Crippen LogP) is 3.43. The van der Waals surface area contributed by atoms with Crippen molar-refractivity contribution in [3.63, 3.8) is 0 Å². The zero-order valence-electron chi connectivity index (χ0n) is 12.2. The predicted molar refractivity (Wildman–Crippen MR) is 87.8 cm³/mol. The number of benzene rings is 1. The first-order valence-corrected chi connectivity index (χ1v) is 7.91. The Hall–Kier alpha value is -1.92. The van der Waals surface area contributed by atoms with Crippen LogP contribution in [-0.2, 0) is 9.53 Å². The fraction of sp³-hybridized carbons (Fsp3) is 0.375. The Morgan fingerprint density at radius 1 is 1.45 bits per heavy atom. The molecule has 3 rings (SSSR count). The van der Waals surface area contributed by atoms with Crippen LogP contribution in [-0.4, -0.2) is 28.2 Å². The Kier molecular flexibility index (Phi) is 4.70. The first-order chi connectivity index (χ1) is 10.7. The molecule has 0 radical (unpaired) electrons. The molecule has 1 unspecified atom stereocenters. The van der Waals surface area contributed by atoms with Crippen LogP contribution in [0.15, 0.2) is 36.7 Å². The summed E-state index contributed by atoms with van der Waals surface area (Å²) in [4.78, 5) is 15.1. The third kappa shape index (κ3) is 3.64. The van der Waals surface area contributed by atoms with Crippen LogP contribution in [0.4, 0.5) is 5.69 Å². The second-order valence-corrected chi connectivity index (χ2v) is 5.81. The molecule has 2 heterocycles. The van der Waals surface area contributed by atoms with Crippen LogP contribution in [0.25, 0.3) is 5.69 Å². The number of amides is 1. The maximum absolute atomic E-state index is 12.1. The van der Waals surface area contributed by atoms with Crippen LogP contribution in [0, 0.1) is 4.77 Å². The summed E-state index contributed by atoms with van der Waals surface area (Å²) in [6.07, 6.45) is 7.30. The van der Waals surface area contributed by atoms with Gasteiger partial charge in [0.2, 0.25) is 5.91 Å². The van der Waals surface area contributed by atoms with Crippen LogP contribution < -0.4 is 5.32 Å². The van der Waals surface area contributed by atoms with Crippen LogP contribution in [0.1, 0.15) is 25.7 Å². The molecule has 1 aliphatic heterocycles. The third-order valence-electron chi connectivity index (χ3n) is 3.74. The van der Waals surface area contributed by atoms with E-state index < -0.39 is 0 Å². The Morgan fingerprint density at radius 2 is 2.36 bits per heavy atom. The van der Waals surface area contributed by atoms with E-state index >= 15 is 0 Å². The van der Waals surface area contributed by atoms with Crippen molar-refractivity contribution >= 4 is 23.8 Å². The molecule has 0 bridgehead atoms. The number of ether oxygens (including phenoxy) is 1. The fourth-order valence-corrected chi connectivity index (χ4v) is 2.88. The number of carbonyl (C=O) groups is 1. The molecule has 1 amide bonds. The SMILES string of the molecule is O=C(CC1CCCCO1)Nc1cccc(-n2cc[nH]c2=S)c1. The topological polar surface area (TPSA) is 59.0 Å². The van der Waals surface area contributed by atoms with Gasteiger partial charge >= 0.3 is 0 Å². The number of hydrogen-bond donors (Lipinski definition) is 2. The molecule has 5 nitrogen and oxygen atoms in total. The summed E-state index contributed by atoms with van der Waals surface area (Å²) < 4.78 is 8.08. The molecule has 0 saturated carbocycles. The molecule has 1 fully saturated rings. The molecule has 116 valence electrons. The van der Waals surface area contributed by atoms with Crippen molar-refractivity contribution in [3.8, 4) is 5.69 Å². The Labute approximate surface area is 134 Å². The first kappa shape index (κ1) is 15.0. The minimum Gasteiger partial charge on any atom is -0.378 e. The summed E-state index contributed by atoms with van der Waals surface area (Å²) in [6.45, 7) is 0.763. The van der Waals surface area contributed by atoms with Gasteiger partial charge in [-0.05, 0) is 49.7 Å². The molecular formula is C16H19N3O2S. The van der Waals surface area contributed by atoms with E-state index in [4.69, 9.17) is 17.0 Å². The Bertz CT molecular complexity index is 701. The second-order valence-electron chi connectivity index (χ2n) is 5.43. The number of imidazole rings is 1. The van der Waals surface area contributed by atoms with Crippen molar-refractivity contribution in [1.29, 1.82) is 0 Å². The summed E-state index contributed by atoms with van der Waals surface area (Å²) in [5.41, 5.74) is 1.68. The minimum atomic E-state index is -0.0123. The maximum Gasteiger partial charge on any atom is 0.226 e. The summed E-state index contributed by atoms with van der Waals surface area (Å²) in [7, 11) is 0. The van der Waals surface area contributed by atoms with E-state index in [1.165, 1.54) is 0 Å². The Morgan fingerprint density at radius 3 is 3.09 bits per heavy atom. The number of hydrogen-bond acceptors (Lipinski definition) is 3. The molecule has 1 saturated heterocycles. The van der Waals surface area contributed by atoms with E-state index in [0.29, 0.717) is 11.2 Å². The van der Waals surface area contributed by atoms with Gasteiger partial charge in [0.1, 0.15) is 0 Å². The van der Waals surface area contributed by atoms with Gasteiger partial charge in [-0.1, -0.05) is 6.07 Å². The molecule has 22 heavy (non-hydrogen) atoms. The lowest BCUT2D eigenvalue weighted by molar-refractivity contribution is -0.119. The van der Waals surface area contributed by atoms with E-state index in [1.54, 1.807) is 6.20 Å². The van der Waals surface area contributed by atoms with E-state index in [2.05, 4.69) is 10.3 Å². The van der Waals surface area contributed by atoms with Crippen molar-refractivity contribution in [3.05, 3.63) is 41.4 Å². The number of nitrogens with zero attached hydrogens (tertiary/aromatic N) is 1. The van der Waals surface area contributed by atoms with Gasteiger partial charge in [0.25, 0.3) is 0 Å². The standard InChI is InChI=1S/C16H19N3O2S/c20-15(11-14-6-1-2-9-21-14)18-12-4-3-5-13(10-12)19-8-7-17-16(19)22/h3-5,7-8,10,14H,1-2,6,9,11H2,(H,17,22)(H,18,20). The number of nitrogens with one attached hydrogen (secondary N) is 2. The molecule has 2 aromatic rings. The highest BCUT2D eigenvalue weighted by Crippen LogP contribution is 2.18. The number of rotatable bonds is 4. The van der Waals surface area contributed by atoms with Crippen LogP contribution in [0.5, 0.6) is 0 Å². The largest absolute Gasteiger partial charge is 0.378 e. The van der Waals surface area contributed by atoms with Crippen molar-refractivity contribution in [2.24, 2.45) is 0 Å². The molecule has 2 N–H and O–H groups in total. The highest BCUT2D eigenvalue weighted by atomic mass is 32.1. The quantitative estimate of drug-likeness (QED) is 0.849. The van der Waals surface area contributed by atoms with Crippen molar-refractivity contribution in [2.45, 2.75) is 31.8 Å². The molecule has 1 atom stereocenters. The van der Waals surface area contributed by atoms with Gasteiger partial charge < -0.3 is 15.0 Å². The van der Waals surface area contributed by atoms with E-state index in [1.807, 2.05) is 35.0 Å². The lowest BCUT2D eigenvalue weighted by Crippen LogP contribution is -2.25. The molecule has 1 aromatic heterocycles. The molecule has 1 aromatic carbocycles. The minimum absolute atomic E-state index is 0.0123. The van der Waals surface area contributed by atoms with Gasteiger partial charge in [-0.2, -0.15) is 0 Å². The summed E-state index contributed by atoms with van der Waals surface area (Å²) in [5.74, 6) is -0.0123. The normalized spacial score (nSPS) is 18.1. The average Bonchev–Trinajstić information content (AvgIpc) is 2.94. The lowest BCUT2D eigenvalue weighted by atomic mass is 10.1. The van der Waals surface area contributed by atoms with Crippen molar-refractivity contribution < 1.29 is 9.53 Å². The summed E-state index contributed by atoms with van der Waals surface area (Å²) in [6, 6.07) is 7.63. The number of anilines is 1. The summed E-state index contributed by atoms with van der Waals surface area (Å²) >= 11 is 5.21. The van der Waals surface area contributed by atoms with Gasteiger partial charge in [-0.3, -0.25) is 9.36 Å². The van der Waals surface area contributed by atoms with Crippen LogP contribution >= 0.6 is 12.2 Å². The number of H-pyrrole nitrogens is 1. The zero-order chi connectivity index (χ0) is 15.4. The van der Waals surface area contributed by atoms with Crippen molar-refractivity contribution in [2.75, 3.05) is 11.9 Å². The summed E-state index contributed by atoms with van der Waals surface area (Å²) in [5, 5.41) is 2.93. The van der Waals surface area contributed by atoms with Gasteiger partial charge in [0, 0.05) is 30.4 Å². The number of aromatic amines is 1. The van der Waals surface area contributed by atoms with Crippen LogP contribution in [0.3, 0.4) is 0 Å². The molecular weight excluding hydrogens is 298 g/mol. The zero-order valence-corrected chi connectivity index (χ0v) is 13.1. The number of carbonyl (C=O) groups excluding carboxylic acids is 1. The average molecular weight is 317 g/mol. The molecule has 1 aliphatic rings. The smallest absolute Gasteiger partial charge is 0.226 e. The Balaban J connectivity index is 1.66. The lowest BCUT2D eigenvalue weighted by Gasteiger charge is -2.22. The van der Waals surface area contributed by atoms with Gasteiger partial charge in [-0.15, -0.1) is 0 Å². The highest BCUT2D eigenvalue weighted by molar-refractivity contribution is 7.71. The van der Waals surface area contributed by atoms with E-state index in [-0.39, 0.29) is 12.0 Å². The molecule has 0 aliphatic carbocycles. The van der Waals surface area contributed by atoms with E-state index in [0.717, 1.165) is 37.2 Å². The third-order valence-corrected chi connectivity index (χ3v) is 4.06. The highest BCUT2D eigenvalue weighted by Gasteiger charge is 2.17. The maximum atomic E-state index is 12.1. The monoisotopic (exact) mass is 317 g/mol. The van der Waals surface area contributed by atoms with Gasteiger partial charge in [0.15, 0.2) is 4.77 Å². The number of aromatic nitrogens is 2. The van der Waals surface area contributed by atoms with E-state index in [9.17, 15) is 4.79 Å². The van der Waals surface area contributed by atoms with Gasteiger partial charge in [0.05, 0.1) is 12.5 Å². The molecule has 0 spiro atoms. The second kappa shape index (κ2) is 6.89.